The van der Waals surface area contributed by atoms with Gasteiger partial charge in [0.2, 0.25) is 0 Å². The van der Waals surface area contributed by atoms with Gasteiger partial charge in [-0.3, -0.25) is 0 Å². The molecular weight excluding hydrogens is 184 g/mol. The van der Waals surface area contributed by atoms with E-state index in [0.29, 0.717) is 0 Å². The van der Waals surface area contributed by atoms with Gasteiger partial charge in [0.15, 0.2) is 0 Å². The Morgan fingerprint density at radius 1 is 0.857 bits per heavy atom. The topological polar surface area (TPSA) is 52.6 Å². The molecule has 2 saturated heterocycles. The van der Waals surface area contributed by atoms with Gasteiger partial charge in [-0.2, -0.15) is 0 Å². The summed E-state index contributed by atoms with van der Waals surface area (Å²) < 4.78 is 9.87. The molecule has 2 atom stereocenters. The van der Waals surface area contributed by atoms with Crippen molar-refractivity contribution in [2.24, 2.45) is 0 Å². The zero-order chi connectivity index (χ0) is 10.2. The van der Waals surface area contributed by atoms with Gasteiger partial charge < -0.3 is 19.1 Å². The Morgan fingerprint density at radius 2 is 1.29 bits per heavy atom. The normalized spacial score (nSPS) is 30.6. The van der Waals surface area contributed by atoms with Crippen LogP contribution in [0.1, 0.15) is 25.7 Å². The van der Waals surface area contributed by atoms with Crippen LogP contribution in [-0.2, 0) is 19.1 Å². The Morgan fingerprint density at radius 3 is 1.43 bits per heavy atom. The van der Waals surface area contributed by atoms with Crippen molar-refractivity contribution in [2.75, 3.05) is 13.2 Å². The first kappa shape index (κ1) is 11.3. The lowest BCUT2D eigenvalue weighted by molar-refractivity contribution is -0.116. The molecule has 0 aromatic heterocycles. The maximum absolute atomic E-state index is 9.88. The third-order valence-corrected chi connectivity index (χ3v) is 2.23. The molecule has 0 saturated carbocycles. The summed E-state index contributed by atoms with van der Waals surface area (Å²) in [6.45, 7) is 1.53. The van der Waals surface area contributed by atoms with E-state index >= 15 is 0 Å². The van der Waals surface area contributed by atoms with Gasteiger partial charge in [0.05, 0.1) is 0 Å². The summed E-state index contributed by atoms with van der Waals surface area (Å²) in [5.41, 5.74) is 0. The minimum absolute atomic E-state index is 0.0833. The lowest BCUT2D eigenvalue weighted by Gasteiger charge is -1.93. The van der Waals surface area contributed by atoms with Crippen molar-refractivity contribution >= 4 is 12.6 Å². The molecule has 2 aliphatic rings. The van der Waals surface area contributed by atoms with Crippen LogP contribution in [0.4, 0.5) is 0 Å². The number of aldehydes is 2. The number of carbonyl (C=O) groups excluding carboxylic acids is 2. The maximum atomic E-state index is 9.88. The van der Waals surface area contributed by atoms with E-state index in [9.17, 15) is 9.59 Å². The number of hydrogen-bond donors (Lipinski definition) is 0. The number of carbonyl (C=O) groups is 2. The molecule has 0 amide bonds. The van der Waals surface area contributed by atoms with Crippen LogP contribution in [0.5, 0.6) is 0 Å². The van der Waals surface area contributed by atoms with Crippen molar-refractivity contribution in [2.45, 2.75) is 37.9 Å². The predicted octanol–water partition coefficient (Wildman–Crippen LogP) is 0.729. The SMILES string of the molecule is O=CC1CCCO1.O=CC1CCCO1. The molecule has 14 heavy (non-hydrogen) atoms. The van der Waals surface area contributed by atoms with E-state index in [-0.39, 0.29) is 12.2 Å². The standard InChI is InChI=1S/2C5H8O2/c2*6-4-5-2-1-3-7-5/h2*4-5H,1-3H2. The Labute approximate surface area is 83.6 Å². The fourth-order valence-electron chi connectivity index (χ4n) is 1.42. The number of ether oxygens (including phenoxy) is 2. The van der Waals surface area contributed by atoms with Gasteiger partial charge in [-0.05, 0) is 25.7 Å². The fourth-order valence-corrected chi connectivity index (χ4v) is 1.42. The molecule has 2 unspecified atom stereocenters. The second-order valence-electron chi connectivity index (χ2n) is 3.38. The molecule has 0 aromatic rings. The highest BCUT2D eigenvalue weighted by molar-refractivity contribution is 5.56. The van der Waals surface area contributed by atoms with Crippen LogP contribution < -0.4 is 0 Å². The van der Waals surface area contributed by atoms with Crippen molar-refractivity contribution in [3.63, 3.8) is 0 Å². The highest BCUT2D eigenvalue weighted by atomic mass is 16.5. The van der Waals surface area contributed by atoms with E-state index in [1.807, 2.05) is 0 Å². The van der Waals surface area contributed by atoms with Gasteiger partial charge in [0.25, 0.3) is 0 Å². The number of hydrogen-bond acceptors (Lipinski definition) is 4. The molecule has 4 heteroatoms. The summed E-state index contributed by atoms with van der Waals surface area (Å²) in [4.78, 5) is 19.8. The van der Waals surface area contributed by atoms with Crippen molar-refractivity contribution < 1.29 is 19.1 Å². The fraction of sp³-hybridized carbons (Fsp3) is 0.800. The maximum Gasteiger partial charge on any atom is 0.148 e. The predicted molar refractivity (Wildman–Crippen MR) is 50.1 cm³/mol. The minimum atomic E-state index is -0.0833. The minimum Gasteiger partial charge on any atom is -0.371 e. The molecule has 0 aromatic carbocycles. The average molecular weight is 200 g/mol. The van der Waals surface area contributed by atoms with Gasteiger partial charge in [-0.25, -0.2) is 0 Å². The first-order chi connectivity index (χ1) is 6.86. The summed E-state index contributed by atoms with van der Waals surface area (Å²) in [7, 11) is 0. The van der Waals surface area contributed by atoms with Crippen molar-refractivity contribution in [3.8, 4) is 0 Å². The first-order valence-corrected chi connectivity index (χ1v) is 5.00. The quantitative estimate of drug-likeness (QED) is 0.616. The largest absolute Gasteiger partial charge is 0.371 e. The van der Waals surface area contributed by atoms with Crippen molar-refractivity contribution in [3.05, 3.63) is 0 Å². The van der Waals surface area contributed by atoms with E-state index in [4.69, 9.17) is 9.47 Å². The summed E-state index contributed by atoms with van der Waals surface area (Å²) in [6.07, 6.45) is 5.50. The van der Waals surface area contributed by atoms with Gasteiger partial charge in [0, 0.05) is 13.2 Å². The first-order valence-electron chi connectivity index (χ1n) is 5.00. The molecule has 0 bridgehead atoms. The Hall–Kier alpha value is -0.740. The Kier molecular flexibility index (Phi) is 5.40. The van der Waals surface area contributed by atoms with Gasteiger partial charge >= 0.3 is 0 Å². The van der Waals surface area contributed by atoms with E-state index in [1.54, 1.807) is 0 Å². The highest BCUT2D eigenvalue weighted by Gasteiger charge is 2.13. The lowest BCUT2D eigenvalue weighted by atomic mass is 10.3. The monoisotopic (exact) mass is 200 g/mol. The van der Waals surface area contributed by atoms with Crippen LogP contribution in [-0.4, -0.2) is 38.0 Å². The van der Waals surface area contributed by atoms with Crippen LogP contribution >= 0.6 is 0 Å². The molecule has 0 spiro atoms. The summed E-state index contributed by atoms with van der Waals surface area (Å²) in [6, 6.07) is 0. The van der Waals surface area contributed by atoms with Crippen LogP contribution in [0.2, 0.25) is 0 Å². The molecule has 80 valence electrons. The average Bonchev–Trinajstić information content (AvgIpc) is 2.92. The zero-order valence-corrected chi connectivity index (χ0v) is 8.19. The van der Waals surface area contributed by atoms with E-state index in [2.05, 4.69) is 0 Å². The van der Waals surface area contributed by atoms with Crippen LogP contribution in [0.3, 0.4) is 0 Å². The second kappa shape index (κ2) is 6.68. The van der Waals surface area contributed by atoms with E-state index in [1.165, 1.54) is 0 Å². The van der Waals surface area contributed by atoms with Gasteiger partial charge in [0.1, 0.15) is 24.8 Å². The van der Waals surface area contributed by atoms with Crippen LogP contribution in [0, 0.1) is 0 Å². The van der Waals surface area contributed by atoms with Gasteiger partial charge in [-0.15, -0.1) is 0 Å². The molecule has 0 N–H and O–H groups in total. The van der Waals surface area contributed by atoms with Crippen molar-refractivity contribution in [1.29, 1.82) is 0 Å². The third kappa shape index (κ3) is 3.98. The highest BCUT2D eigenvalue weighted by Crippen LogP contribution is 2.08. The third-order valence-electron chi connectivity index (χ3n) is 2.23. The molecule has 2 aliphatic heterocycles. The molecule has 4 nitrogen and oxygen atoms in total. The summed E-state index contributed by atoms with van der Waals surface area (Å²) >= 11 is 0. The molecule has 0 aliphatic carbocycles. The molecule has 0 radical (unpaired) electrons. The Bertz CT molecular complexity index is 149. The smallest absolute Gasteiger partial charge is 0.148 e. The van der Waals surface area contributed by atoms with Crippen LogP contribution in [0.15, 0.2) is 0 Å². The molecule has 2 rings (SSSR count). The zero-order valence-electron chi connectivity index (χ0n) is 8.19. The summed E-state index contributed by atoms with van der Waals surface area (Å²) in [5, 5.41) is 0. The second-order valence-corrected chi connectivity index (χ2v) is 3.38. The van der Waals surface area contributed by atoms with E-state index < -0.39 is 0 Å². The summed E-state index contributed by atoms with van der Waals surface area (Å²) in [5.74, 6) is 0. The lowest BCUT2D eigenvalue weighted by Crippen LogP contribution is -2.04. The van der Waals surface area contributed by atoms with Crippen LogP contribution in [0.25, 0.3) is 0 Å². The van der Waals surface area contributed by atoms with E-state index in [0.717, 1.165) is 51.5 Å². The van der Waals surface area contributed by atoms with Gasteiger partial charge in [-0.1, -0.05) is 0 Å². The molecule has 2 heterocycles. The molecular formula is C10H16O4. The number of rotatable bonds is 2. The Balaban J connectivity index is 0.000000140. The molecule has 2 fully saturated rings. The van der Waals surface area contributed by atoms with Crippen molar-refractivity contribution in [1.82, 2.24) is 0 Å².